The van der Waals surface area contributed by atoms with Gasteiger partial charge in [-0.1, -0.05) is 18.5 Å². The zero-order valence-electron chi connectivity index (χ0n) is 10.6. The van der Waals surface area contributed by atoms with Crippen molar-refractivity contribution in [1.82, 2.24) is 15.0 Å². The van der Waals surface area contributed by atoms with Gasteiger partial charge in [0.25, 0.3) is 0 Å². The zero-order chi connectivity index (χ0) is 13.1. The first-order chi connectivity index (χ1) is 8.58. The predicted octanol–water partition coefficient (Wildman–Crippen LogP) is 3.63. The van der Waals surface area contributed by atoms with E-state index in [-0.39, 0.29) is 6.04 Å². The Bertz CT molecular complexity index is 520. The smallest absolute Gasteiger partial charge is 0.134 e. The van der Waals surface area contributed by atoms with Crippen LogP contribution < -0.4 is 5.32 Å². The van der Waals surface area contributed by atoms with Gasteiger partial charge >= 0.3 is 0 Å². The molecule has 0 aromatic carbocycles. The van der Waals surface area contributed by atoms with Gasteiger partial charge in [0.2, 0.25) is 0 Å². The van der Waals surface area contributed by atoms with Crippen LogP contribution in [0.5, 0.6) is 0 Å². The molecule has 0 aliphatic heterocycles. The second kappa shape index (κ2) is 5.63. The fraction of sp³-hybridized carbons (Fsp3) is 0.417. The minimum Gasteiger partial charge on any atom is -0.361 e. The van der Waals surface area contributed by atoms with Gasteiger partial charge in [0.05, 0.1) is 6.04 Å². The topological polar surface area (TPSA) is 50.7 Å². The summed E-state index contributed by atoms with van der Waals surface area (Å²) in [6, 6.07) is 1.83. The lowest BCUT2D eigenvalue weighted by Gasteiger charge is -2.12. The van der Waals surface area contributed by atoms with E-state index in [0.717, 1.165) is 17.2 Å². The highest BCUT2D eigenvalue weighted by atomic mass is 35.5. The molecule has 2 rings (SSSR count). The highest BCUT2D eigenvalue weighted by Gasteiger charge is 2.11. The molecule has 0 amide bonds. The Kier molecular flexibility index (Phi) is 4.14. The lowest BCUT2D eigenvalue weighted by Crippen LogP contribution is -2.08. The monoisotopic (exact) mass is 282 g/mol. The molecule has 0 aliphatic rings. The summed E-state index contributed by atoms with van der Waals surface area (Å²) in [6.45, 7) is 6.01. The molecule has 1 atom stereocenters. The predicted molar refractivity (Wildman–Crippen MR) is 75.3 cm³/mol. The molecule has 0 fully saturated rings. The molecule has 6 heteroatoms. The molecular formula is C12H15ClN4S. The third-order valence-electron chi connectivity index (χ3n) is 2.46. The number of aromatic nitrogens is 3. The molecule has 4 nitrogen and oxygen atoms in total. The first kappa shape index (κ1) is 13.2. The van der Waals surface area contributed by atoms with Crippen molar-refractivity contribution in [3.05, 3.63) is 33.1 Å². The van der Waals surface area contributed by atoms with Gasteiger partial charge in [-0.05, 0) is 20.3 Å². The fourth-order valence-electron chi connectivity index (χ4n) is 1.58. The van der Waals surface area contributed by atoms with Crippen molar-refractivity contribution in [2.45, 2.75) is 33.2 Å². The van der Waals surface area contributed by atoms with E-state index in [1.165, 1.54) is 4.88 Å². The summed E-state index contributed by atoms with van der Waals surface area (Å²) in [5, 5.41) is 4.79. The molecule has 96 valence electrons. The summed E-state index contributed by atoms with van der Waals surface area (Å²) < 4.78 is 0. The lowest BCUT2D eigenvalue weighted by atomic mass is 10.3. The molecule has 2 aromatic heterocycles. The normalized spacial score (nSPS) is 12.4. The second-order valence-corrected chi connectivity index (χ2v) is 5.54. The summed E-state index contributed by atoms with van der Waals surface area (Å²) in [6.07, 6.45) is 2.94. The molecule has 0 radical (unpaired) electrons. The van der Waals surface area contributed by atoms with Crippen LogP contribution in [0.3, 0.4) is 0 Å². The molecule has 0 saturated heterocycles. The maximum atomic E-state index is 5.90. The van der Waals surface area contributed by atoms with Gasteiger partial charge in [-0.3, -0.25) is 0 Å². The number of thiazole rings is 1. The Morgan fingerprint density at radius 3 is 2.83 bits per heavy atom. The van der Waals surface area contributed by atoms with E-state index >= 15 is 0 Å². The standard InChI is InChI=1S/C12H15ClN4S/c1-4-9-6-14-12(18-9)7(2)15-11-5-10(13)16-8(3)17-11/h5-7H,4H2,1-3H3,(H,15,16,17). The number of rotatable bonds is 4. The quantitative estimate of drug-likeness (QED) is 0.870. The zero-order valence-corrected chi connectivity index (χ0v) is 12.1. The molecule has 2 heterocycles. The summed E-state index contributed by atoms with van der Waals surface area (Å²) in [4.78, 5) is 14.0. The molecule has 1 unspecified atom stereocenters. The van der Waals surface area contributed by atoms with Gasteiger partial charge < -0.3 is 5.32 Å². The number of nitrogens with zero attached hydrogens (tertiary/aromatic N) is 3. The highest BCUT2D eigenvalue weighted by Crippen LogP contribution is 2.24. The van der Waals surface area contributed by atoms with Crippen LogP contribution in [0.25, 0.3) is 0 Å². The van der Waals surface area contributed by atoms with Crippen molar-refractivity contribution in [2.75, 3.05) is 5.32 Å². The number of anilines is 1. The van der Waals surface area contributed by atoms with Crippen molar-refractivity contribution in [1.29, 1.82) is 0 Å². The molecule has 1 N–H and O–H groups in total. The SMILES string of the molecule is CCc1cnc(C(C)Nc2cc(Cl)nc(C)n2)s1. The molecule has 2 aromatic rings. The summed E-state index contributed by atoms with van der Waals surface area (Å²) >= 11 is 7.62. The maximum Gasteiger partial charge on any atom is 0.134 e. The third kappa shape index (κ3) is 3.17. The van der Waals surface area contributed by atoms with Crippen molar-refractivity contribution in [2.24, 2.45) is 0 Å². The Morgan fingerprint density at radius 2 is 2.22 bits per heavy atom. The van der Waals surface area contributed by atoms with Crippen LogP contribution in [0.15, 0.2) is 12.3 Å². The van der Waals surface area contributed by atoms with Crippen molar-refractivity contribution < 1.29 is 0 Å². The van der Waals surface area contributed by atoms with Crippen molar-refractivity contribution >= 4 is 28.8 Å². The fourth-order valence-corrected chi connectivity index (χ4v) is 2.66. The molecular weight excluding hydrogens is 268 g/mol. The maximum absolute atomic E-state index is 5.90. The van der Waals surface area contributed by atoms with Gasteiger partial charge in [0.15, 0.2) is 0 Å². The van der Waals surface area contributed by atoms with E-state index in [9.17, 15) is 0 Å². The van der Waals surface area contributed by atoms with E-state index in [1.54, 1.807) is 17.4 Å². The minimum absolute atomic E-state index is 0.112. The van der Waals surface area contributed by atoms with Crippen LogP contribution in [-0.4, -0.2) is 15.0 Å². The summed E-state index contributed by atoms with van der Waals surface area (Å²) in [5.41, 5.74) is 0. The Balaban J connectivity index is 2.12. The highest BCUT2D eigenvalue weighted by molar-refractivity contribution is 7.11. The first-order valence-corrected chi connectivity index (χ1v) is 7.00. The average Bonchev–Trinajstić information content (AvgIpc) is 2.75. The average molecular weight is 283 g/mol. The largest absolute Gasteiger partial charge is 0.361 e. The lowest BCUT2D eigenvalue weighted by molar-refractivity contribution is 0.854. The third-order valence-corrected chi connectivity index (χ3v) is 3.98. The second-order valence-electron chi connectivity index (χ2n) is 4.01. The van der Waals surface area contributed by atoms with Crippen LogP contribution in [-0.2, 0) is 6.42 Å². The van der Waals surface area contributed by atoms with Crippen molar-refractivity contribution in [3.8, 4) is 0 Å². The van der Waals surface area contributed by atoms with E-state index in [0.29, 0.717) is 11.0 Å². The van der Waals surface area contributed by atoms with Crippen LogP contribution >= 0.6 is 22.9 Å². The van der Waals surface area contributed by atoms with Gasteiger partial charge in [-0.2, -0.15) is 0 Å². The molecule has 18 heavy (non-hydrogen) atoms. The summed E-state index contributed by atoms with van der Waals surface area (Å²) in [5.74, 6) is 1.39. The molecule has 0 bridgehead atoms. The number of hydrogen-bond donors (Lipinski definition) is 1. The van der Waals surface area contributed by atoms with E-state index in [4.69, 9.17) is 11.6 Å². The van der Waals surface area contributed by atoms with E-state index in [1.807, 2.05) is 13.1 Å². The Hall–Kier alpha value is -1.20. The minimum atomic E-state index is 0.112. The number of nitrogens with one attached hydrogen (secondary N) is 1. The number of hydrogen-bond acceptors (Lipinski definition) is 5. The van der Waals surface area contributed by atoms with Crippen LogP contribution in [0.4, 0.5) is 5.82 Å². The van der Waals surface area contributed by atoms with Crippen LogP contribution in [0.1, 0.15) is 35.6 Å². The number of aryl methyl sites for hydroxylation is 2. The summed E-state index contributed by atoms with van der Waals surface area (Å²) in [7, 11) is 0. The van der Waals surface area contributed by atoms with Crippen molar-refractivity contribution in [3.63, 3.8) is 0 Å². The molecule has 0 aliphatic carbocycles. The van der Waals surface area contributed by atoms with E-state index < -0.39 is 0 Å². The first-order valence-electron chi connectivity index (χ1n) is 5.80. The van der Waals surface area contributed by atoms with Gasteiger partial charge in [-0.15, -0.1) is 11.3 Å². The Morgan fingerprint density at radius 1 is 1.44 bits per heavy atom. The Labute approximate surface area is 115 Å². The molecule has 0 spiro atoms. The van der Waals surface area contributed by atoms with Gasteiger partial charge in [-0.25, -0.2) is 15.0 Å². The van der Waals surface area contributed by atoms with Gasteiger partial charge in [0.1, 0.15) is 21.8 Å². The van der Waals surface area contributed by atoms with Gasteiger partial charge in [0, 0.05) is 17.1 Å². The molecule has 0 saturated carbocycles. The van der Waals surface area contributed by atoms with Crippen LogP contribution in [0, 0.1) is 6.92 Å². The number of halogens is 1. The van der Waals surface area contributed by atoms with E-state index in [2.05, 4.69) is 34.1 Å². The van der Waals surface area contributed by atoms with Crippen LogP contribution in [0.2, 0.25) is 5.15 Å².